The molecule has 0 aliphatic heterocycles. The molecule has 127 valence electrons. The van der Waals surface area contributed by atoms with Crippen molar-refractivity contribution in [2.24, 2.45) is 5.10 Å². The quantitative estimate of drug-likeness (QED) is 0.353. The molecule has 0 atom stereocenters. The van der Waals surface area contributed by atoms with Gasteiger partial charge in [-0.05, 0) is 31.5 Å². The fourth-order valence-electron chi connectivity index (χ4n) is 2.14. The number of rotatable bonds is 7. The molecule has 0 aliphatic rings. The van der Waals surface area contributed by atoms with Gasteiger partial charge in [0.05, 0.1) is 4.92 Å². The summed E-state index contributed by atoms with van der Waals surface area (Å²) in [7, 11) is 0. The molecular weight excluding hydrogens is 333 g/mol. The molecule has 1 aromatic heterocycles. The molecule has 2 N–H and O–H groups in total. The zero-order valence-corrected chi connectivity index (χ0v) is 16.5. The van der Waals surface area contributed by atoms with Crippen molar-refractivity contribution in [2.45, 2.75) is 13.8 Å². The van der Waals surface area contributed by atoms with Crippen LogP contribution in [-0.4, -0.2) is 63.8 Å². The Morgan fingerprint density at radius 3 is 2.48 bits per heavy atom. The van der Waals surface area contributed by atoms with E-state index < -0.39 is 10.6 Å². The van der Waals surface area contributed by atoms with Gasteiger partial charge in [0.25, 0.3) is 0 Å². The van der Waals surface area contributed by atoms with Crippen LogP contribution in [0.2, 0.25) is 0 Å². The van der Waals surface area contributed by atoms with Gasteiger partial charge in [0.2, 0.25) is 5.82 Å². The summed E-state index contributed by atoms with van der Waals surface area (Å²) in [6.07, 6.45) is 2.60. The Kier molecular flexibility index (Phi) is 8.26. The molecule has 0 saturated carbocycles. The molecule has 1 heterocycles. The molecule has 25 heavy (non-hydrogen) atoms. The van der Waals surface area contributed by atoms with E-state index in [0.717, 1.165) is 30.7 Å². The van der Waals surface area contributed by atoms with Crippen molar-refractivity contribution in [3.8, 4) is 0 Å². The number of nitrogens with two attached hydrogens (primary N) is 1. The summed E-state index contributed by atoms with van der Waals surface area (Å²) in [5.41, 5.74) is 10.7. The number of hydrogen-bond donors (Lipinski definition) is 1. The van der Waals surface area contributed by atoms with Crippen molar-refractivity contribution < 1.29 is 4.92 Å². The first-order valence-corrected chi connectivity index (χ1v) is 7.40. The van der Waals surface area contributed by atoms with Crippen LogP contribution >= 0.6 is 0 Å². The zero-order chi connectivity index (χ0) is 17.5. The van der Waals surface area contributed by atoms with Gasteiger partial charge in [-0.25, -0.2) is 4.98 Å². The Bertz CT molecular complexity index is 733. The van der Waals surface area contributed by atoms with E-state index in [9.17, 15) is 10.1 Å². The summed E-state index contributed by atoms with van der Waals surface area (Å²) in [6.45, 7) is 6.05. The van der Waals surface area contributed by atoms with E-state index in [2.05, 4.69) is 39.2 Å². The molecule has 10 heteroatoms. The van der Waals surface area contributed by atoms with Gasteiger partial charge in [-0.3, -0.25) is 15.2 Å². The topological polar surface area (TPSA) is 125 Å². The average Bonchev–Trinajstić information content (AvgIpc) is 2.57. The maximum Gasteiger partial charge on any atom is 0.311 e. The number of nitrogen functional groups attached to an aromatic ring is 1. The number of nitro groups is 1. The molecule has 0 aliphatic carbocycles. The maximum absolute atomic E-state index is 11.0. The van der Waals surface area contributed by atoms with Crippen LogP contribution in [0.5, 0.6) is 0 Å². The molecule has 2 rings (SSSR count). The summed E-state index contributed by atoms with van der Waals surface area (Å²) in [4.78, 5) is 19.8. The zero-order valence-electron chi connectivity index (χ0n) is 14.5. The summed E-state index contributed by atoms with van der Waals surface area (Å²) in [5, 5.41) is 14.8. The van der Waals surface area contributed by atoms with Gasteiger partial charge in [-0.2, -0.15) is 0 Å². The van der Waals surface area contributed by atoms with E-state index in [-0.39, 0.29) is 41.2 Å². The second-order valence-electron chi connectivity index (χ2n) is 4.80. The second-order valence-corrected chi connectivity index (χ2v) is 4.80. The van der Waals surface area contributed by atoms with E-state index in [1.165, 1.54) is 6.21 Å². The van der Waals surface area contributed by atoms with Gasteiger partial charge in [0, 0.05) is 66.7 Å². The van der Waals surface area contributed by atoms with Crippen LogP contribution in [0.25, 0.3) is 5.43 Å². The van der Waals surface area contributed by atoms with Crippen LogP contribution in [-0.2, 0) is 0 Å². The van der Waals surface area contributed by atoms with Crippen LogP contribution in [0.4, 0.5) is 23.0 Å². The summed E-state index contributed by atoms with van der Waals surface area (Å²) < 4.78 is 0. The Morgan fingerprint density at radius 1 is 1.28 bits per heavy atom. The fraction of sp³-hybridized carbons (Fsp3) is 0.267. The summed E-state index contributed by atoms with van der Waals surface area (Å²) in [5.74, 6) is -0.420. The molecule has 0 unspecified atom stereocenters. The maximum atomic E-state index is 11.0. The van der Waals surface area contributed by atoms with Gasteiger partial charge >= 0.3 is 5.69 Å². The number of hydrogen-bond acceptors (Lipinski definition) is 7. The van der Waals surface area contributed by atoms with E-state index in [0.29, 0.717) is 0 Å². The van der Waals surface area contributed by atoms with Crippen molar-refractivity contribution in [1.29, 1.82) is 0 Å². The molecule has 2 aromatic rings. The molecule has 0 bridgehead atoms. The molecule has 0 spiro atoms. The Morgan fingerprint density at radius 2 is 1.92 bits per heavy atom. The van der Waals surface area contributed by atoms with Crippen molar-refractivity contribution in [1.82, 2.24) is 9.97 Å². The van der Waals surface area contributed by atoms with E-state index in [1.807, 2.05) is 24.3 Å². The smallest absolute Gasteiger partial charge is 0.311 e. The average molecular weight is 351 g/mol. The number of anilines is 2. The Labute approximate surface area is 167 Å². The van der Waals surface area contributed by atoms with Gasteiger partial charge in [-0.1, -0.05) is 12.1 Å². The minimum atomic E-state index is -0.678. The van der Waals surface area contributed by atoms with Crippen molar-refractivity contribution >= 4 is 58.8 Å². The van der Waals surface area contributed by atoms with Crippen LogP contribution in [0.15, 0.2) is 35.7 Å². The van der Waals surface area contributed by atoms with Gasteiger partial charge in [-0.15, -0.1) is 0 Å². The Hall–Kier alpha value is -2.23. The van der Waals surface area contributed by atoms with Crippen molar-refractivity contribution in [3.05, 3.63) is 51.7 Å². The molecule has 1 radical (unpaired) electrons. The number of benzene rings is 1. The van der Waals surface area contributed by atoms with Gasteiger partial charge < -0.3 is 21.0 Å². The van der Waals surface area contributed by atoms with E-state index in [1.54, 1.807) is 0 Å². The fourth-order valence-corrected chi connectivity index (χ4v) is 2.14. The molecule has 0 amide bonds. The van der Waals surface area contributed by atoms with Crippen molar-refractivity contribution in [3.63, 3.8) is 0 Å². The third-order valence-electron chi connectivity index (χ3n) is 3.39. The minimum absolute atomic E-state index is 0. The summed E-state index contributed by atoms with van der Waals surface area (Å²) in [6, 6.07) is 7.77. The van der Waals surface area contributed by atoms with Gasteiger partial charge in [0.15, 0.2) is 0 Å². The number of nitrogens with zero attached hydrogens (tertiary/aromatic N) is 6. The SMILES string of the molecule is CCN(CC)c1ccc(/C=N/[N-]c2ncnc(N)c2[N+](=O)[O-])cc1.[Na]. The monoisotopic (exact) mass is 351 g/mol. The third-order valence-corrected chi connectivity index (χ3v) is 3.39. The largest absolute Gasteiger partial charge is 0.419 e. The summed E-state index contributed by atoms with van der Waals surface area (Å²) >= 11 is 0. The van der Waals surface area contributed by atoms with Crippen molar-refractivity contribution in [2.75, 3.05) is 23.7 Å². The third kappa shape index (κ3) is 5.38. The predicted octanol–water partition coefficient (Wildman–Crippen LogP) is 2.47. The predicted molar refractivity (Wildman–Crippen MR) is 99.5 cm³/mol. The van der Waals surface area contributed by atoms with Crippen LogP contribution in [0.1, 0.15) is 19.4 Å². The molecular formula is C15H18N7NaO2-. The van der Waals surface area contributed by atoms with Crippen LogP contribution in [0.3, 0.4) is 0 Å². The molecule has 1 aromatic carbocycles. The van der Waals surface area contributed by atoms with E-state index >= 15 is 0 Å². The van der Waals surface area contributed by atoms with Crippen LogP contribution < -0.4 is 10.6 Å². The minimum Gasteiger partial charge on any atom is -0.419 e. The Balaban J connectivity index is 0.00000312. The first-order valence-electron chi connectivity index (χ1n) is 7.40. The standard InChI is InChI=1S/C15H18N7O2.Na/c1-3-21(4-2)12-7-5-11(6-8-12)9-19-20-15-13(22(23)24)14(16)17-10-18-15;/h5-10H,3-4H2,1-2H3,(H2-,16,17,18,20);/q-1;/b19-9+;. The van der Waals surface area contributed by atoms with E-state index in [4.69, 9.17) is 5.73 Å². The molecule has 0 saturated heterocycles. The van der Waals surface area contributed by atoms with Gasteiger partial charge in [0.1, 0.15) is 0 Å². The molecule has 0 fully saturated rings. The molecule has 9 nitrogen and oxygen atoms in total. The first kappa shape index (κ1) is 20.8. The first-order chi connectivity index (χ1) is 11.6. The number of aromatic nitrogens is 2. The second kappa shape index (κ2) is 9.92. The van der Waals surface area contributed by atoms with Crippen LogP contribution in [0, 0.1) is 10.1 Å². The normalized spacial score (nSPS) is 10.3.